The predicted molar refractivity (Wildman–Crippen MR) is 81.5 cm³/mol. The van der Waals surface area contributed by atoms with Crippen LogP contribution >= 0.6 is 0 Å². The van der Waals surface area contributed by atoms with Crippen molar-refractivity contribution in [3.63, 3.8) is 0 Å². The van der Waals surface area contributed by atoms with Crippen LogP contribution in [0, 0.1) is 0 Å². The first-order valence-electron chi connectivity index (χ1n) is 6.68. The number of methoxy groups -OCH3 is 1. The van der Waals surface area contributed by atoms with Gasteiger partial charge in [-0.15, -0.1) is 0 Å². The SMILES string of the molecule is COc1ccccc1C(=O)Nc1ccc2c(c1)OCC(=O)N2. The van der Waals surface area contributed by atoms with Gasteiger partial charge in [-0.2, -0.15) is 0 Å². The molecule has 0 saturated carbocycles. The molecular weight excluding hydrogens is 284 g/mol. The molecule has 2 amide bonds. The Kier molecular flexibility index (Phi) is 3.65. The standard InChI is InChI=1S/C16H14N2O4/c1-21-13-5-3-2-4-11(13)16(20)17-10-6-7-12-14(8-10)22-9-15(19)18-12/h2-8H,9H2,1H3,(H,17,20)(H,18,19). The van der Waals surface area contributed by atoms with Crippen LogP contribution in [0.15, 0.2) is 42.5 Å². The Bertz CT molecular complexity index is 743. The molecule has 0 saturated heterocycles. The fourth-order valence-electron chi connectivity index (χ4n) is 2.18. The van der Waals surface area contributed by atoms with Gasteiger partial charge in [-0.3, -0.25) is 9.59 Å². The van der Waals surface area contributed by atoms with Crippen molar-refractivity contribution < 1.29 is 19.1 Å². The molecule has 0 atom stereocenters. The third-order valence-electron chi connectivity index (χ3n) is 3.22. The predicted octanol–water partition coefficient (Wildman–Crippen LogP) is 2.28. The minimum absolute atomic E-state index is 0.0308. The first kappa shape index (κ1) is 13.9. The molecule has 0 bridgehead atoms. The Morgan fingerprint density at radius 2 is 2.09 bits per heavy atom. The zero-order chi connectivity index (χ0) is 15.5. The number of amides is 2. The van der Waals surface area contributed by atoms with E-state index in [1.807, 2.05) is 0 Å². The summed E-state index contributed by atoms with van der Waals surface area (Å²) in [6.07, 6.45) is 0. The fourth-order valence-corrected chi connectivity index (χ4v) is 2.18. The molecule has 0 radical (unpaired) electrons. The molecule has 0 aliphatic carbocycles. The highest BCUT2D eigenvalue weighted by atomic mass is 16.5. The van der Waals surface area contributed by atoms with Crippen LogP contribution in [0.5, 0.6) is 11.5 Å². The molecule has 0 spiro atoms. The quantitative estimate of drug-likeness (QED) is 0.911. The van der Waals surface area contributed by atoms with Crippen molar-refractivity contribution in [1.82, 2.24) is 0 Å². The summed E-state index contributed by atoms with van der Waals surface area (Å²) in [5.74, 6) is 0.550. The first-order chi connectivity index (χ1) is 10.7. The largest absolute Gasteiger partial charge is 0.496 e. The van der Waals surface area contributed by atoms with Crippen LogP contribution in [-0.4, -0.2) is 25.5 Å². The minimum atomic E-state index is -0.280. The number of fused-ring (bicyclic) bond motifs is 1. The van der Waals surface area contributed by atoms with Gasteiger partial charge >= 0.3 is 0 Å². The maximum absolute atomic E-state index is 12.3. The maximum Gasteiger partial charge on any atom is 0.262 e. The Morgan fingerprint density at radius 1 is 1.27 bits per heavy atom. The minimum Gasteiger partial charge on any atom is -0.496 e. The summed E-state index contributed by atoms with van der Waals surface area (Å²) in [4.78, 5) is 23.5. The van der Waals surface area contributed by atoms with Crippen molar-refractivity contribution in [2.45, 2.75) is 0 Å². The Morgan fingerprint density at radius 3 is 2.91 bits per heavy atom. The molecule has 0 aromatic heterocycles. The molecule has 112 valence electrons. The number of nitrogens with one attached hydrogen (secondary N) is 2. The highest BCUT2D eigenvalue weighted by Crippen LogP contribution is 2.31. The zero-order valence-corrected chi connectivity index (χ0v) is 11.9. The highest BCUT2D eigenvalue weighted by molar-refractivity contribution is 6.06. The van der Waals surface area contributed by atoms with Gasteiger partial charge in [0.25, 0.3) is 11.8 Å². The van der Waals surface area contributed by atoms with Crippen LogP contribution in [0.4, 0.5) is 11.4 Å². The first-order valence-corrected chi connectivity index (χ1v) is 6.68. The van der Waals surface area contributed by atoms with Gasteiger partial charge in [-0.1, -0.05) is 12.1 Å². The van der Waals surface area contributed by atoms with Gasteiger partial charge in [-0.25, -0.2) is 0 Å². The third-order valence-corrected chi connectivity index (χ3v) is 3.22. The molecule has 2 aromatic carbocycles. The van der Waals surface area contributed by atoms with Crippen molar-refractivity contribution in [2.24, 2.45) is 0 Å². The van der Waals surface area contributed by atoms with Crippen LogP contribution in [0.2, 0.25) is 0 Å². The molecule has 1 aliphatic heterocycles. The molecular formula is C16H14N2O4. The van der Waals surface area contributed by atoms with E-state index in [4.69, 9.17) is 9.47 Å². The van der Waals surface area contributed by atoms with Gasteiger partial charge in [0.15, 0.2) is 6.61 Å². The molecule has 0 fully saturated rings. The van der Waals surface area contributed by atoms with Crippen molar-refractivity contribution in [3.05, 3.63) is 48.0 Å². The Labute approximate surface area is 127 Å². The number of hydrogen-bond acceptors (Lipinski definition) is 4. The lowest BCUT2D eigenvalue weighted by atomic mass is 10.1. The van der Waals surface area contributed by atoms with Crippen molar-refractivity contribution >= 4 is 23.2 Å². The molecule has 2 N–H and O–H groups in total. The molecule has 1 heterocycles. The van der Waals surface area contributed by atoms with E-state index >= 15 is 0 Å². The number of carbonyl (C=O) groups excluding carboxylic acids is 2. The van der Waals surface area contributed by atoms with E-state index in [-0.39, 0.29) is 18.4 Å². The van der Waals surface area contributed by atoms with Crippen LogP contribution in [0.1, 0.15) is 10.4 Å². The molecule has 2 aromatic rings. The van der Waals surface area contributed by atoms with E-state index in [1.54, 1.807) is 42.5 Å². The number of hydrogen-bond donors (Lipinski definition) is 2. The van der Waals surface area contributed by atoms with E-state index in [0.717, 1.165) is 0 Å². The van der Waals surface area contributed by atoms with Gasteiger partial charge in [-0.05, 0) is 24.3 Å². The van der Waals surface area contributed by atoms with Crippen molar-refractivity contribution in [2.75, 3.05) is 24.4 Å². The Balaban J connectivity index is 1.81. The van der Waals surface area contributed by atoms with E-state index in [9.17, 15) is 9.59 Å². The van der Waals surface area contributed by atoms with Crippen LogP contribution in [-0.2, 0) is 4.79 Å². The Hall–Kier alpha value is -3.02. The molecule has 0 unspecified atom stereocenters. The van der Waals surface area contributed by atoms with Gasteiger partial charge in [0, 0.05) is 11.8 Å². The third kappa shape index (κ3) is 2.71. The lowest BCUT2D eigenvalue weighted by Crippen LogP contribution is -2.25. The monoisotopic (exact) mass is 298 g/mol. The van der Waals surface area contributed by atoms with Gasteiger partial charge in [0.05, 0.1) is 18.4 Å². The number of para-hydroxylation sites is 1. The molecule has 1 aliphatic rings. The maximum atomic E-state index is 12.3. The summed E-state index contributed by atoms with van der Waals surface area (Å²) in [7, 11) is 1.52. The molecule has 3 rings (SSSR count). The van der Waals surface area contributed by atoms with Gasteiger partial charge < -0.3 is 20.1 Å². The average Bonchev–Trinajstić information content (AvgIpc) is 2.55. The van der Waals surface area contributed by atoms with Crippen LogP contribution in [0.25, 0.3) is 0 Å². The second-order valence-corrected chi connectivity index (χ2v) is 4.70. The molecule has 6 nitrogen and oxygen atoms in total. The fraction of sp³-hybridized carbons (Fsp3) is 0.125. The number of anilines is 2. The number of rotatable bonds is 3. The highest BCUT2D eigenvalue weighted by Gasteiger charge is 2.17. The summed E-state index contributed by atoms with van der Waals surface area (Å²) in [6, 6.07) is 12.0. The second kappa shape index (κ2) is 5.77. The smallest absolute Gasteiger partial charge is 0.262 e. The van der Waals surface area contributed by atoms with E-state index in [1.165, 1.54) is 7.11 Å². The summed E-state index contributed by atoms with van der Waals surface area (Å²) >= 11 is 0. The lowest BCUT2D eigenvalue weighted by Gasteiger charge is -2.18. The normalized spacial score (nSPS) is 12.7. The summed E-state index contributed by atoms with van der Waals surface area (Å²) in [6.45, 7) is -0.0308. The van der Waals surface area contributed by atoms with Crippen molar-refractivity contribution in [3.8, 4) is 11.5 Å². The second-order valence-electron chi connectivity index (χ2n) is 4.70. The van der Waals surface area contributed by atoms with Crippen LogP contribution < -0.4 is 20.1 Å². The average molecular weight is 298 g/mol. The van der Waals surface area contributed by atoms with E-state index in [2.05, 4.69) is 10.6 Å². The van der Waals surface area contributed by atoms with Crippen LogP contribution in [0.3, 0.4) is 0 Å². The number of ether oxygens (including phenoxy) is 2. The van der Waals surface area contributed by atoms with E-state index < -0.39 is 0 Å². The topological polar surface area (TPSA) is 76.7 Å². The van der Waals surface area contributed by atoms with Crippen molar-refractivity contribution in [1.29, 1.82) is 0 Å². The lowest BCUT2D eigenvalue weighted by molar-refractivity contribution is -0.118. The van der Waals surface area contributed by atoms with Gasteiger partial charge in [0.1, 0.15) is 11.5 Å². The zero-order valence-electron chi connectivity index (χ0n) is 11.9. The van der Waals surface area contributed by atoms with Gasteiger partial charge in [0.2, 0.25) is 0 Å². The summed E-state index contributed by atoms with van der Waals surface area (Å²) in [5.41, 5.74) is 1.61. The number of carbonyl (C=O) groups is 2. The summed E-state index contributed by atoms with van der Waals surface area (Å²) < 4.78 is 10.5. The molecule has 6 heteroatoms. The van der Waals surface area contributed by atoms with E-state index in [0.29, 0.717) is 28.4 Å². The summed E-state index contributed by atoms with van der Waals surface area (Å²) in [5, 5.41) is 5.48. The molecule has 22 heavy (non-hydrogen) atoms. The number of benzene rings is 2.